The summed E-state index contributed by atoms with van der Waals surface area (Å²) in [6.07, 6.45) is 16.1. The maximum atomic E-state index is 12.1. The standard InChI is InChI=1S/C51H90O5Si3/c1-36-25-28-41(29-26-36)44(53-38(3)52)24-20-22-37(2)42-31-32-43-40(23-21-33-51(42,43)13)30-27-39-34-45(54-57(14,15)48(4,5)6)47(56-59(18,19)50(10,11)12)46(35-39)55-58(16,17)49(7,8)9/h25-30,37,42-47H,20-24,31-35H2,1-19H3/b39-27?,40-30+/t37-,42-,43+,44?,45-,46-,47?,51-/m1/s1. The van der Waals surface area contributed by atoms with E-state index in [-0.39, 0.29) is 45.5 Å². The third-order valence-electron chi connectivity index (χ3n) is 16.5. The second-order valence-corrected chi connectivity index (χ2v) is 38.4. The van der Waals surface area contributed by atoms with Gasteiger partial charge in [0.15, 0.2) is 25.0 Å². The minimum atomic E-state index is -2.14. The fraction of sp³-hybridized carbons (Fsp3) is 0.784. The van der Waals surface area contributed by atoms with Crippen LogP contribution in [0.5, 0.6) is 0 Å². The highest BCUT2D eigenvalue weighted by Gasteiger charge is 2.52. The number of fused-ring (bicyclic) bond motifs is 1. The number of benzene rings is 1. The van der Waals surface area contributed by atoms with Gasteiger partial charge in [-0.1, -0.05) is 136 Å². The molecule has 0 aromatic heterocycles. The Morgan fingerprint density at radius 3 is 1.78 bits per heavy atom. The summed E-state index contributed by atoms with van der Waals surface area (Å²) >= 11 is 0. The van der Waals surface area contributed by atoms with Crippen LogP contribution in [-0.4, -0.2) is 49.2 Å². The molecule has 336 valence electrons. The SMILES string of the molecule is CC(=O)OC(CCC[C@@H](C)[C@H]1CC[C@H]2/C(=C/C=C3C[C@@H](O[Si](C)(C)C(C)(C)C)C(O[Si](C)(C)C(C)(C)C)[C@H](O[Si](C)(C)C(C)(C)C)C3)CCC[C@]12C)c1ccc(C)cc1. The van der Waals surface area contributed by atoms with Crippen molar-refractivity contribution in [3.05, 3.63) is 58.7 Å². The zero-order valence-corrected chi connectivity index (χ0v) is 44.6. The van der Waals surface area contributed by atoms with Crippen molar-refractivity contribution in [3.8, 4) is 0 Å². The van der Waals surface area contributed by atoms with Crippen LogP contribution >= 0.6 is 0 Å². The molecule has 4 rings (SSSR count). The van der Waals surface area contributed by atoms with Crippen LogP contribution in [0.4, 0.5) is 0 Å². The van der Waals surface area contributed by atoms with Gasteiger partial charge in [-0.15, -0.1) is 0 Å². The summed E-state index contributed by atoms with van der Waals surface area (Å²) in [5.74, 6) is 1.79. The van der Waals surface area contributed by atoms with E-state index in [4.69, 9.17) is 18.0 Å². The van der Waals surface area contributed by atoms with Crippen LogP contribution in [0, 0.1) is 30.1 Å². The minimum Gasteiger partial charge on any atom is -0.458 e. The first-order chi connectivity index (χ1) is 26.9. The molecule has 59 heavy (non-hydrogen) atoms. The molecule has 0 heterocycles. The first-order valence-electron chi connectivity index (χ1n) is 23.5. The normalized spacial score (nSPS) is 28.0. The van der Waals surface area contributed by atoms with Gasteiger partial charge in [0, 0.05) is 6.92 Å². The summed E-state index contributed by atoms with van der Waals surface area (Å²) in [7, 11) is -6.40. The zero-order chi connectivity index (χ0) is 44.6. The Hall–Kier alpha value is -1.30. The van der Waals surface area contributed by atoms with E-state index in [1.807, 2.05) is 0 Å². The molecule has 3 aliphatic carbocycles. The molecule has 1 aromatic carbocycles. The van der Waals surface area contributed by atoms with Crippen LogP contribution in [0.3, 0.4) is 0 Å². The lowest BCUT2D eigenvalue weighted by Gasteiger charge is -2.51. The van der Waals surface area contributed by atoms with Gasteiger partial charge in [-0.3, -0.25) is 4.79 Å². The number of ether oxygens (including phenoxy) is 1. The maximum Gasteiger partial charge on any atom is 0.303 e. The van der Waals surface area contributed by atoms with E-state index in [1.165, 1.54) is 56.6 Å². The van der Waals surface area contributed by atoms with Gasteiger partial charge in [0.25, 0.3) is 0 Å². The van der Waals surface area contributed by atoms with Crippen LogP contribution in [-0.2, 0) is 22.8 Å². The summed E-state index contributed by atoms with van der Waals surface area (Å²) in [5.41, 5.74) is 5.79. The monoisotopic (exact) mass is 867 g/mol. The highest BCUT2D eigenvalue weighted by Crippen LogP contribution is 2.60. The summed E-state index contributed by atoms with van der Waals surface area (Å²) in [6, 6.07) is 8.49. The average Bonchev–Trinajstić information content (AvgIpc) is 3.44. The molecule has 3 saturated carbocycles. The van der Waals surface area contributed by atoms with Gasteiger partial charge in [-0.25, -0.2) is 0 Å². The molecule has 0 amide bonds. The van der Waals surface area contributed by atoms with E-state index in [2.05, 4.69) is 159 Å². The summed E-state index contributed by atoms with van der Waals surface area (Å²) in [5, 5.41) is 0.289. The molecule has 8 heteroatoms. The van der Waals surface area contributed by atoms with Crippen LogP contribution < -0.4 is 0 Å². The van der Waals surface area contributed by atoms with E-state index in [9.17, 15) is 4.79 Å². The maximum absolute atomic E-state index is 12.1. The first kappa shape index (κ1) is 50.3. The van der Waals surface area contributed by atoms with Crippen molar-refractivity contribution in [3.63, 3.8) is 0 Å². The Morgan fingerprint density at radius 2 is 1.29 bits per heavy atom. The second kappa shape index (κ2) is 18.8. The first-order valence-corrected chi connectivity index (χ1v) is 32.3. The van der Waals surface area contributed by atoms with Crippen molar-refractivity contribution in [2.75, 3.05) is 0 Å². The van der Waals surface area contributed by atoms with Gasteiger partial charge in [0.05, 0.1) is 18.3 Å². The largest absolute Gasteiger partial charge is 0.458 e. The minimum absolute atomic E-state index is 0.0297. The van der Waals surface area contributed by atoms with Crippen LogP contribution in [0.25, 0.3) is 0 Å². The number of aryl methyl sites for hydroxylation is 1. The Labute approximate surface area is 367 Å². The topological polar surface area (TPSA) is 54.0 Å². The molecule has 0 spiro atoms. The molecule has 7 atom stereocenters. The number of rotatable bonds is 14. The highest BCUT2D eigenvalue weighted by atomic mass is 28.4. The summed E-state index contributed by atoms with van der Waals surface area (Å²) < 4.78 is 28.3. The van der Waals surface area contributed by atoms with Crippen molar-refractivity contribution in [2.45, 2.75) is 233 Å². The van der Waals surface area contributed by atoms with Crippen molar-refractivity contribution in [2.24, 2.45) is 23.2 Å². The van der Waals surface area contributed by atoms with Crippen molar-refractivity contribution in [1.29, 1.82) is 0 Å². The molecule has 5 nitrogen and oxygen atoms in total. The van der Waals surface area contributed by atoms with E-state index in [1.54, 1.807) is 5.57 Å². The Bertz CT molecular complexity index is 1580. The van der Waals surface area contributed by atoms with Gasteiger partial charge in [-0.2, -0.15) is 0 Å². The number of carbonyl (C=O) groups excluding carboxylic acids is 1. The number of hydrogen-bond donors (Lipinski definition) is 0. The fourth-order valence-corrected chi connectivity index (χ4v) is 13.7. The van der Waals surface area contributed by atoms with Gasteiger partial charge in [-0.05, 0) is 148 Å². The zero-order valence-electron chi connectivity index (χ0n) is 41.6. The number of esters is 1. The lowest BCUT2D eigenvalue weighted by Crippen LogP contribution is -2.59. The predicted octanol–water partition coefficient (Wildman–Crippen LogP) is 15.4. The van der Waals surface area contributed by atoms with E-state index >= 15 is 0 Å². The van der Waals surface area contributed by atoms with Gasteiger partial charge < -0.3 is 18.0 Å². The van der Waals surface area contributed by atoms with Crippen LogP contribution in [0.2, 0.25) is 54.4 Å². The number of hydrogen-bond acceptors (Lipinski definition) is 5. The summed E-state index contributed by atoms with van der Waals surface area (Å²) in [6.45, 7) is 44.4. The second-order valence-electron chi connectivity index (χ2n) is 24.2. The Morgan fingerprint density at radius 1 is 0.780 bits per heavy atom. The van der Waals surface area contributed by atoms with Crippen molar-refractivity contribution < 1.29 is 22.8 Å². The van der Waals surface area contributed by atoms with E-state index in [0.717, 1.165) is 31.2 Å². The molecule has 3 fully saturated rings. The molecule has 3 aliphatic rings. The predicted molar refractivity (Wildman–Crippen MR) is 258 cm³/mol. The van der Waals surface area contributed by atoms with Gasteiger partial charge in [0.2, 0.25) is 0 Å². The molecule has 0 aliphatic heterocycles. The molecule has 1 unspecified atom stereocenters. The highest BCUT2D eigenvalue weighted by molar-refractivity contribution is 6.75. The molecule has 0 N–H and O–H groups in total. The fourth-order valence-electron chi connectivity index (χ4n) is 9.75. The smallest absolute Gasteiger partial charge is 0.303 e. The molecule has 0 radical (unpaired) electrons. The van der Waals surface area contributed by atoms with Crippen molar-refractivity contribution in [1.82, 2.24) is 0 Å². The van der Waals surface area contributed by atoms with E-state index in [0.29, 0.717) is 23.2 Å². The van der Waals surface area contributed by atoms with Crippen LogP contribution in [0.15, 0.2) is 47.6 Å². The van der Waals surface area contributed by atoms with Crippen molar-refractivity contribution >= 4 is 30.9 Å². The molecular formula is C51H90O5Si3. The van der Waals surface area contributed by atoms with Gasteiger partial charge >= 0.3 is 5.97 Å². The van der Waals surface area contributed by atoms with Crippen LogP contribution in [0.1, 0.15) is 165 Å². The number of allylic oxidation sites excluding steroid dienone is 3. The average molecular weight is 868 g/mol. The van der Waals surface area contributed by atoms with E-state index < -0.39 is 25.0 Å². The lowest BCUT2D eigenvalue weighted by atomic mass is 9.60. The third-order valence-corrected chi connectivity index (χ3v) is 30.0. The lowest BCUT2D eigenvalue weighted by molar-refractivity contribution is -0.147. The quantitative estimate of drug-likeness (QED) is 0.138. The Balaban J connectivity index is 1.60. The molecule has 0 saturated heterocycles. The third kappa shape index (κ3) is 12.2. The molecule has 1 aromatic rings. The summed E-state index contributed by atoms with van der Waals surface area (Å²) in [4.78, 5) is 12.1. The van der Waals surface area contributed by atoms with Gasteiger partial charge in [0.1, 0.15) is 6.10 Å². The molecular weight excluding hydrogens is 777 g/mol. The molecule has 0 bridgehead atoms. The Kier molecular flexibility index (Phi) is 16.1. The number of carbonyl (C=O) groups is 1.